The average molecular weight is 282 g/mol. The van der Waals surface area contributed by atoms with Crippen LogP contribution in [0.15, 0.2) is 24.3 Å². The van der Waals surface area contributed by atoms with Crippen molar-refractivity contribution in [2.75, 3.05) is 11.3 Å². The molecule has 1 fully saturated rings. The molecular weight excluding hydrogens is 260 g/mol. The first-order valence-electron chi connectivity index (χ1n) is 6.92. The van der Waals surface area contributed by atoms with Crippen LogP contribution in [0.4, 0.5) is 5.69 Å². The zero-order chi connectivity index (χ0) is 13.7. The lowest BCUT2D eigenvalue weighted by Gasteiger charge is -2.14. The molecule has 0 aromatic heterocycles. The van der Waals surface area contributed by atoms with Gasteiger partial charge in [0.15, 0.2) is 0 Å². The monoisotopic (exact) mass is 282 g/mol. The van der Waals surface area contributed by atoms with E-state index in [1.165, 1.54) is 0 Å². The van der Waals surface area contributed by atoms with Gasteiger partial charge < -0.3 is 5.73 Å². The number of hydrogen-bond acceptors (Lipinski definition) is 3. The van der Waals surface area contributed by atoms with E-state index in [1.807, 2.05) is 18.2 Å². The van der Waals surface area contributed by atoms with E-state index in [0.717, 1.165) is 44.1 Å². The molecule has 19 heavy (non-hydrogen) atoms. The molecule has 5 heteroatoms. The van der Waals surface area contributed by atoms with Gasteiger partial charge in [0, 0.05) is 5.69 Å². The molecular formula is C14H22N2O2S. The lowest BCUT2D eigenvalue weighted by atomic mass is 10.1. The molecule has 0 amide bonds. The van der Waals surface area contributed by atoms with E-state index in [0.29, 0.717) is 12.2 Å². The second kappa shape index (κ2) is 6.39. The molecule has 1 saturated carbocycles. The highest BCUT2D eigenvalue weighted by atomic mass is 32.2. The van der Waals surface area contributed by atoms with Gasteiger partial charge in [-0.2, -0.15) is 0 Å². The molecule has 4 nitrogen and oxygen atoms in total. The maximum atomic E-state index is 12.2. The summed E-state index contributed by atoms with van der Waals surface area (Å²) >= 11 is 0. The fourth-order valence-electron chi connectivity index (χ4n) is 2.54. The third kappa shape index (κ3) is 3.94. The first kappa shape index (κ1) is 14.3. The minimum Gasteiger partial charge on any atom is -0.330 e. The smallest absolute Gasteiger partial charge is 0.235 e. The highest BCUT2D eigenvalue weighted by Crippen LogP contribution is 2.26. The Morgan fingerprint density at radius 3 is 2.68 bits per heavy atom. The zero-order valence-corrected chi connectivity index (χ0v) is 12.0. The molecule has 0 unspecified atom stereocenters. The SMILES string of the molecule is NCCCc1cccc(NS(=O)(=O)C2CCCC2)c1. The molecule has 1 aliphatic rings. The van der Waals surface area contributed by atoms with Crippen LogP contribution in [0.1, 0.15) is 37.7 Å². The third-order valence-electron chi connectivity index (χ3n) is 3.60. The second-order valence-electron chi connectivity index (χ2n) is 5.15. The van der Waals surface area contributed by atoms with Gasteiger partial charge in [0.2, 0.25) is 10.0 Å². The number of nitrogens with one attached hydrogen (secondary N) is 1. The van der Waals surface area contributed by atoms with Crippen LogP contribution in [-0.4, -0.2) is 20.2 Å². The number of benzene rings is 1. The van der Waals surface area contributed by atoms with Crippen molar-refractivity contribution in [2.45, 2.75) is 43.8 Å². The minimum atomic E-state index is -3.23. The molecule has 0 radical (unpaired) electrons. The van der Waals surface area contributed by atoms with E-state index < -0.39 is 10.0 Å². The molecule has 0 bridgehead atoms. The number of nitrogens with two attached hydrogens (primary N) is 1. The molecule has 2 rings (SSSR count). The standard InChI is InChI=1S/C14H22N2O2S/c15-10-4-6-12-5-3-7-13(11-12)16-19(17,18)14-8-1-2-9-14/h3,5,7,11,14,16H,1-2,4,6,8-10,15H2. The van der Waals surface area contributed by atoms with Crippen molar-refractivity contribution in [2.24, 2.45) is 5.73 Å². The Morgan fingerprint density at radius 2 is 2.00 bits per heavy atom. The van der Waals surface area contributed by atoms with Crippen molar-refractivity contribution in [1.82, 2.24) is 0 Å². The molecule has 1 aliphatic carbocycles. The van der Waals surface area contributed by atoms with E-state index >= 15 is 0 Å². The van der Waals surface area contributed by atoms with Gasteiger partial charge in [-0.25, -0.2) is 8.42 Å². The van der Waals surface area contributed by atoms with Gasteiger partial charge in [0.25, 0.3) is 0 Å². The summed E-state index contributed by atoms with van der Waals surface area (Å²) < 4.78 is 27.1. The van der Waals surface area contributed by atoms with Gasteiger partial charge in [0.1, 0.15) is 0 Å². The van der Waals surface area contributed by atoms with Crippen LogP contribution in [0, 0.1) is 0 Å². The fraction of sp³-hybridized carbons (Fsp3) is 0.571. The normalized spacial score (nSPS) is 16.7. The largest absolute Gasteiger partial charge is 0.330 e. The Labute approximate surface area is 115 Å². The van der Waals surface area contributed by atoms with Crippen LogP contribution in [0.2, 0.25) is 0 Å². The lowest BCUT2D eigenvalue weighted by Crippen LogP contribution is -2.25. The molecule has 0 spiro atoms. The van der Waals surface area contributed by atoms with Crippen molar-refractivity contribution in [3.05, 3.63) is 29.8 Å². The van der Waals surface area contributed by atoms with Crippen LogP contribution < -0.4 is 10.5 Å². The number of rotatable bonds is 6. The van der Waals surface area contributed by atoms with E-state index in [2.05, 4.69) is 4.72 Å². The predicted octanol–water partition coefficient (Wildman–Crippen LogP) is 2.26. The number of sulfonamides is 1. The fourth-order valence-corrected chi connectivity index (χ4v) is 4.12. The average Bonchev–Trinajstić information content (AvgIpc) is 2.91. The van der Waals surface area contributed by atoms with E-state index in [9.17, 15) is 8.42 Å². The van der Waals surface area contributed by atoms with Gasteiger partial charge in [-0.05, 0) is 49.9 Å². The maximum Gasteiger partial charge on any atom is 0.235 e. The Kier molecular flexibility index (Phi) is 4.82. The van der Waals surface area contributed by atoms with E-state index in [4.69, 9.17) is 5.73 Å². The summed E-state index contributed by atoms with van der Waals surface area (Å²) in [5, 5.41) is -0.222. The number of aryl methyl sites for hydroxylation is 1. The first-order valence-corrected chi connectivity index (χ1v) is 8.47. The molecule has 0 atom stereocenters. The third-order valence-corrected chi connectivity index (χ3v) is 5.47. The molecule has 0 saturated heterocycles. The molecule has 0 aliphatic heterocycles. The molecule has 106 valence electrons. The Bertz CT molecular complexity index is 508. The van der Waals surface area contributed by atoms with Gasteiger partial charge in [0.05, 0.1) is 5.25 Å². The van der Waals surface area contributed by atoms with Crippen molar-refractivity contribution in [3.63, 3.8) is 0 Å². The summed E-state index contributed by atoms with van der Waals surface area (Å²) in [7, 11) is -3.23. The summed E-state index contributed by atoms with van der Waals surface area (Å²) in [5.41, 5.74) is 7.28. The Hall–Kier alpha value is -1.07. The zero-order valence-electron chi connectivity index (χ0n) is 11.1. The highest BCUT2D eigenvalue weighted by molar-refractivity contribution is 7.93. The van der Waals surface area contributed by atoms with Gasteiger partial charge >= 0.3 is 0 Å². The van der Waals surface area contributed by atoms with E-state index in [-0.39, 0.29) is 5.25 Å². The predicted molar refractivity (Wildman–Crippen MR) is 78.6 cm³/mol. The molecule has 0 heterocycles. The summed E-state index contributed by atoms with van der Waals surface area (Å²) in [6.07, 6.45) is 5.39. The van der Waals surface area contributed by atoms with Crippen LogP contribution in [0.5, 0.6) is 0 Å². The van der Waals surface area contributed by atoms with Crippen molar-refractivity contribution >= 4 is 15.7 Å². The van der Waals surface area contributed by atoms with Gasteiger partial charge in [-0.15, -0.1) is 0 Å². The van der Waals surface area contributed by atoms with Crippen LogP contribution in [-0.2, 0) is 16.4 Å². The summed E-state index contributed by atoms with van der Waals surface area (Å²) in [6, 6.07) is 7.60. The molecule has 1 aromatic rings. The minimum absolute atomic E-state index is 0.222. The Morgan fingerprint density at radius 1 is 1.26 bits per heavy atom. The van der Waals surface area contributed by atoms with Crippen molar-refractivity contribution in [1.29, 1.82) is 0 Å². The molecule has 3 N–H and O–H groups in total. The quantitative estimate of drug-likeness (QED) is 0.840. The topological polar surface area (TPSA) is 72.2 Å². The summed E-state index contributed by atoms with van der Waals surface area (Å²) in [6.45, 7) is 0.651. The lowest BCUT2D eigenvalue weighted by molar-refractivity contribution is 0.585. The van der Waals surface area contributed by atoms with Crippen LogP contribution >= 0.6 is 0 Å². The first-order chi connectivity index (χ1) is 9.12. The second-order valence-corrected chi connectivity index (χ2v) is 7.11. The summed E-state index contributed by atoms with van der Waals surface area (Å²) in [4.78, 5) is 0. The van der Waals surface area contributed by atoms with E-state index in [1.54, 1.807) is 6.07 Å². The number of hydrogen-bond donors (Lipinski definition) is 2. The van der Waals surface area contributed by atoms with Crippen molar-refractivity contribution in [3.8, 4) is 0 Å². The number of anilines is 1. The van der Waals surface area contributed by atoms with Crippen LogP contribution in [0.3, 0.4) is 0 Å². The maximum absolute atomic E-state index is 12.2. The summed E-state index contributed by atoms with van der Waals surface area (Å²) in [5.74, 6) is 0. The van der Waals surface area contributed by atoms with Crippen LogP contribution in [0.25, 0.3) is 0 Å². The Balaban J connectivity index is 2.05. The van der Waals surface area contributed by atoms with Gasteiger partial charge in [-0.3, -0.25) is 4.72 Å². The van der Waals surface area contributed by atoms with Gasteiger partial charge in [-0.1, -0.05) is 25.0 Å². The highest BCUT2D eigenvalue weighted by Gasteiger charge is 2.28. The van der Waals surface area contributed by atoms with Crippen molar-refractivity contribution < 1.29 is 8.42 Å². The molecule has 1 aromatic carbocycles.